The highest BCUT2D eigenvalue weighted by molar-refractivity contribution is 5.93. The molecule has 1 saturated heterocycles. The third kappa shape index (κ3) is 3.94. The lowest BCUT2D eigenvalue weighted by molar-refractivity contribution is 0.0949. The van der Waals surface area contributed by atoms with Crippen molar-refractivity contribution in [2.24, 2.45) is 5.92 Å². The van der Waals surface area contributed by atoms with Gasteiger partial charge in [-0.3, -0.25) is 4.79 Å². The number of amides is 1. The number of anilines is 1. The molecule has 6 nitrogen and oxygen atoms in total. The van der Waals surface area contributed by atoms with Crippen molar-refractivity contribution in [2.75, 3.05) is 24.5 Å². The monoisotopic (exact) mass is 363 g/mol. The average molecular weight is 363 g/mol. The number of piperidine rings is 1. The number of nitrogens with one attached hydrogen (secondary N) is 2. The highest BCUT2D eigenvalue weighted by Crippen LogP contribution is 2.21. The minimum Gasteiger partial charge on any atom is -0.361 e. The van der Waals surface area contributed by atoms with E-state index in [1.165, 1.54) is 23.7 Å². The Morgan fingerprint density at radius 1 is 1.33 bits per heavy atom. The van der Waals surface area contributed by atoms with Crippen molar-refractivity contribution in [3.05, 3.63) is 54.1 Å². The van der Waals surface area contributed by atoms with Crippen molar-refractivity contribution in [3.8, 4) is 0 Å². The summed E-state index contributed by atoms with van der Waals surface area (Å²) >= 11 is 0. The third-order valence-electron chi connectivity index (χ3n) is 5.22. The van der Waals surface area contributed by atoms with Crippen LogP contribution in [0.15, 0.2) is 42.9 Å². The summed E-state index contributed by atoms with van der Waals surface area (Å²) in [6.07, 6.45) is 6.69. The van der Waals surface area contributed by atoms with Crippen molar-refractivity contribution in [1.29, 1.82) is 0 Å². The minimum atomic E-state index is -0.149. The number of para-hydroxylation sites is 1. The summed E-state index contributed by atoms with van der Waals surface area (Å²) in [7, 11) is 0. The third-order valence-corrected chi connectivity index (χ3v) is 5.22. The van der Waals surface area contributed by atoms with E-state index in [0.717, 1.165) is 37.3 Å². The summed E-state index contributed by atoms with van der Waals surface area (Å²) < 4.78 is 0. The van der Waals surface area contributed by atoms with Crippen LogP contribution < -0.4 is 10.2 Å². The summed E-state index contributed by atoms with van der Waals surface area (Å²) in [5.41, 5.74) is 2.75. The zero-order valence-electron chi connectivity index (χ0n) is 15.6. The molecule has 1 fully saturated rings. The molecule has 3 aromatic rings. The molecule has 2 aromatic heterocycles. The van der Waals surface area contributed by atoms with Gasteiger partial charge in [0.15, 0.2) is 0 Å². The fourth-order valence-corrected chi connectivity index (χ4v) is 3.78. The molecule has 1 aliphatic rings. The maximum atomic E-state index is 12.5. The van der Waals surface area contributed by atoms with Gasteiger partial charge in [-0.05, 0) is 36.8 Å². The first kappa shape index (κ1) is 17.5. The van der Waals surface area contributed by atoms with E-state index in [0.29, 0.717) is 18.2 Å². The first-order chi connectivity index (χ1) is 13.2. The zero-order valence-corrected chi connectivity index (χ0v) is 15.6. The van der Waals surface area contributed by atoms with Crippen LogP contribution in [0.25, 0.3) is 10.9 Å². The number of hydrogen-bond acceptors (Lipinski definition) is 4. The Balaban J connectivity index is 1.37. The zero-order chi connectivity index (χ0) is 18.6. The molecule has 1 aromatic carbocycles. The summed E-state index contributed by atoms with van der Waals surface area (Å²) in [5.74, 6) is 1.35. The number of benzene rings is 1. The van der Waals surface area contributed by atoms with Gasteiger partial charge in [0, 0.05) is 42.8 Å². The predicted molar refractivity (Wildman–Crippen MR) is 107 cm³/mol. The van der Waals surface area contributed by atoms with E-state index in [1.54, 1.807) is 6.07 Å². The van der Waals surface area contributed by atoms with E-state index < -0.39 is 0 Å². The van der Waals surface area contributed by atoms with Crippen LogP contribution in [0.2, 0.25) is 0 Å². The number of fused-ring (bicyclic) bond motifs is 1. The topological polar surface area (TPSA) is 73.9 Å². The highest BCUT2D eigenvalue weighted by atomic mass is 16.1. The van der Waals surface area contributed by atoms with Gasteiger partial charge in [-0.1, -0.05) is 25.1 Å². The number of carbonyl (C=O) groups is 1. The fraction of sp³-hybridized carbons (Fsp3) is 0.381. The number of aromatic nitrogens is 3. The van der Waals surface area contributed by atoms with Crippen molar-refractivity contribution in [1.82, 2.24) is 20.3 Å². The number of rotatable bonds is 5. The van der Waals surface area contributed by atoms with Crippen LogP contribution in [-0.2, 0) is 6.42 Å². The van der Waals surface area contributed by atoms with Gasteiger partial charge in [0.1, 0.15) is 17.8 Å². The summed E-state index contributed by atoms with van der Waals surface area (Å²) in [5, 5.41) is 4.18. The lowest BCUT2D eigenvalue weighted by atomic mass is 10.0. The lowest BCUT2D eigenvalue weighted by Gasteiger charge is -2.31. The number of H-pyrrole nitrogens is 1. The van der Waals surface area contributed by atoms with E-state index >= 15 is 0 Å². The Hall–Kier alpha value is -2.89. The fourth-order valence-electron chi connectivity index (χ4n) is 3.78. The van der Waals surface area contributed by atoms with Crippen LogP contribution in [-0.4, -0.2) is 40.5 Å². The van der Waals surface area contributed by atoms with Crippen LogP contribution in [0.1, 0.15) is 35.8 Å². The first-order valence-electron chi connectivity index (χ1n) is 9.61. The van der Waals surface area contributed by atoms with Crippen molar-refractivity contribution < 1.29 is 4.79 Å². The second kappa shape index (κ2) is 7.78. The summed E-state index contributed by atoms with van der Waals surface area (Å²) in [6, 6.07) is 10.0. The molecule has 3 heterocycles. The Kier molecular flexibility index (Phi) is 5.05. The van der Waals surface area contributed by atoms with E-state index in [9.17, 15) is 4.79 Å². The molecule has 6 heteroatoms. The van der Waals surface area contributed by atoms with Gasteiger partial charge < -0.3 is 15.2 Å². The van der Waals surface area contributed by atoms with Crippen LogP contribution in [0.3, 0.4) is 0 Å². The second-order valence-corrected chi connectivity index (χ2v) is 7.32. The Labute approximate surface area is 159 Å². The Bertz CT molecular complexity index is 935. The second-order valence-electron chi connectivity index (χ2n) is 7.32. The smallest absolute Gasteiger partial charge is 0.270 e. The van der Waals surface area contributed by atoms with Crippen LogP contribution in [0.5, 0.6) is 0 Å². The predicted octanol–water partition coefficient (Wildman–Crippen LogP) is 3.17. The van der Waals surface area contributed by atoms with Crippen LogP contribution in [0.4, 0.5) is 5.82 Å². The molecule has 140 valence electrons. The van der Waals surface area contributed by atoms with Crippen molar-refractivity contribution in [2.45, 2.75) is 26.2 Å². The maximum absolute atomic E-state index is 12.5. The molecule has 0 aliphatic carbocycles. The molecule has 0 saturated carbocycles. The number of aromatic amines is 1. The Morgan fingerprint density at radius 2 is 2.22 bits per heavy atom. The molecule has 2 N–H and O–H groups in total. The molecular weight excluding hydrogens is 338 g/mol. The van der Waals surface area contributed by atoms with Crippen LogP contribution >= 0.6 is 0 Å². The SMILES string of the molecule is CC1CCCN(c2cc(C(=O)NCCc3c[nH]c4ccccc34)ncn2)C1. The average Bonchev–Trinajstić information content (AvgIpc) is 3.11. The molecule has 4 rings (SSSR count). The van der Waals surface area contributed by atoms with Gasteiger partial charge in [0.25, 0.3) is 5.91 Å². The molecule has 1 atom stereocenters. The lowest BCUT2D eigenvalue weighted by Crippen LogP contribution is -2.35. The molecule has 0 radical (unpaired) electrons. The highest BCUT2D eigenvalue weighted by Gasteiger charge is 2.19. The summed E-state index contributed by atoms with van der Waals surface area (Å²) in [6.45, 7) is 4.80. The number of nitrogens with zero attached hydrogens (tertiary/aromatic N) is 3. The van der Waals surface area contributed by atoms with Crippen LogP contribution in [0, 0.1) is 5.92 Å². The molecule has 0 bridgehead atoms. The normalized spacial score (nSPS) is 17.2. The number of carbonyl (C=O) groups excluding carboxylic acids is 1. The van der Waals surface area contributed by atoms with Gasteiger partial charge in [0.05, 0.1) is 0 Å². The van der Waals surface area contributed by atoms with E-state index in [1.807, 2.05) is 18.3 Å². The van der Waals surface area contributed by atoms with Gasteiger partial charge in [0.2, 0.25) is 0 Å². The van der Waals surface area contributed by atoms with Gasteiger partial charge >= 0.3 is 0 Å². The van der Waals surface area contributed by atoms with Gasteiger partial charge in [-0.2, -0.15) is 0 Å². The maximum Gasteiger partial charge on any atom is 0.270 e. The summed E-state index contributed by atoms with van der Waals surface area (Å²) in [4.78, 5) is 26.6. The molecule has 1 unspecified atom stereocenters. The molecular formula is C21H25N5O. The van der Waals surface area contributed by atoms with Gasteiger partial charge in [-0.15, -0.1) is 0 Å². The Morgan fingerprint density at radius 3 is 3.11 bits per heavy atom. The first-order valence-corrected chi connectivity index (χ1v) is 9.61. The molecule has 0 spiro atoms. The standard InChI is InChI=1S/C21H25N5O/c1-15-5-4-10-26(13-15)20-11-19(24-14-25-20)21(27)22-9-8-16-12-23-18-7-3-2-6-17(16)18/h2-3,6-7,11-12,14-15,23H,4-5,8-10,13H2,1H3,(H,22,27). The van der Waals surface area contributed by atoms with E-state index in [-0.39, 0.29) is 5.91 Å². The van der Waals surface area contributed by atoms with Crippen molar-refractivity contribution in [3.63, 3.8) is 0 Å². The van der Waals surface area contributed by atoms with Crippen molar-refractivity contribution >= 4 is 22.6 Å². The molecule has 1 aliphatic heterocycles. The van der Waals surface area contributed by atoms with E-state index in [2.05, 4.69) is 44.2 Å². The quantitative estimate of drug-likeness (QED) is 0.730. The van der Waals surface area contributed by atoms with Gasteiger partial charge in [-0.25, -0.2) is 9.97 Å². The minimum absolute atomic E-state index is 0.149. The molecule has 1 amide bonds. The molecule has 27 heavy (non-hydrogen) atoms. The van der Waals surface area contributed by atoms with E-state index in [4.69, 9.17) is 0 Å². The number of hydrogen-bond donors (Lipinski definition) is 2. The largest absolute Gasteiger partial charge is 0.361 e.